The Hall–Kier alpha value is -1.37. The van der Waals surface area contributed by atoms with Crippen LogP contribution in [0.5, 0.6) is 0 Å². The van der Waals surface area contributed by atoms with Crippen molar-refractivity contribution in [1.29, 1.82) is 0 Å². The van der Waals surface area contributed by atoms with Crippen LogP contribution in [-0.2, 0) is 18.9 Å². The fraction of sp³-hybridized carbons (Fsp3) is 0.688. The fourth-order valence-electron chi connectivity index (χ4n) is 2.36. The lowest BCUT2D eigenvalue weighted by atomic mass is 10.2. The van der Waals surface area contributed by atoms with Crippen molar-refractivity contribution in [2.24, 2.45) is 0 Å². The second-order valence-electron chi connectivity index (χ2n) is 5.70. The first-order valence-corrected chi connectivity index (χ1v) is 9.42. The Morgan fingerprint density at radius 3 is 2.48 bits per heavy atom. The van der Waals surface area contributed by atoms with Gasteiger partial charge < -0.3 is 15.2 Å². The van der Waals surface area contributed by atoms with E-state index in [2.05, 4.69) is 15.2 Å². The van der Waals surface area contributed by atoms with E-state index in [0.29, 0.717) is 39.1 Å². The average Bonchev–Trinajstić information content (AvgIpc) is 2.91. The van der Waals surface area contributed by atoms with Crippen LogP contribution < -0.4 is 10.6 Å². The van der Waals surface area contributed by atoms with Gasteiger partial charge in [-0.3, -0.25) is 19.3 Å². The Bertz CT molecular complexity index is 445. The molecule has 0 aliphatic carbocycles. The summed E-state index contributed by atoms with van der Waals surface area (Å²) >= 11 is 0. The van der Waals surface area contributed by atoms with Gasteiger partial charge in [-0.15, -0.1) is 0 Å². The minimum absolute atomic E-state index is 0.0280. The van der Waals surface area contributed by atoms with E-state index in [0.717, 1.165) is 32.2 Å². The molecule has 0 fully saturated rings. The van der Waals surface area contributed by atoms with E-state index < -0.39 is 9.12 Å². The number of amides is 3. The summed E-state index contributed by atoms with van der Waals surface area (Å²) in [6.07, 6.45) is 7.10. The Kier molecular flexibility index (Phi) is 12.0. The van der Waals surface area contributed by atoms with E-state index in [1.54, 1.807) is 0 Å². The molecule has 2 N–H and O–H groups in total. The predicted molar refractivity (Wildman–Crippen MR) is 94.8 cm³/mol. The molecule has 0 saturated heterocycles. The molecule has 1 atom stereocenters. The molecule has 1 heterocycles. The number of rotatable bonds is 15. The molecule has 142 valence electrons. The Labute approximate surface area is 149 Å². The van der Waals surface area contributed by atoms with Gasteiger partial charge in [0.25, 0.3) is 11.8 Å². The first-order chi connectivity index (χ1) is 12.1. The molecule has 0 aromatic carbocycles. The summed E-state index contributed by atoms with van der Waals surface area (Å²) in [5.74, 6) is -0.486. The van der Waals surface area contributed by atoms with Gasteiger partial charge >= 0.3 is 0 Å². The monoisotopic (exact) mass is 375 g/mol. The molecule has 0 saturated carbocycles. The molecule has 25 heavy (non-hydrogen) atoms. The van der Waals surface area contributed by atoms with Crippen molar-refractivity contribution < 1.29 is 23.1 Å². The SMILES string of the molecule is O=C(CCCCCN1C(=O)C=CC1=O)NCCCCNCCOPF. The molecule has 9 heteroatoms. The summed E-state index contributed by atoms with van der Waals surface area (Å²) in [4.78, 5) is 35.6. The summed E-state index contributed by atoms with van der Waals surface area (Å²) in [6.45, 7) is 2.88. The number of nitrogens with one attached hydrogen (secondary N) is 2. The number of unbranched alkanes of at least 4 members (excludes halogenated alkanes) is 3. The van der Waals surface area contributed by atoms with Crippen molar-refractivity contribution in [1.82, 2.24) is 15.5 Å². The largest absolute Gasteiger partial charge is 0.356 e. The topological polar surface area (TPSA) is 87.7 Å². The van der Waals surface area contributed by atoms with Crippen LogP contribution in [0.2, 0.25) is 0 Å². The van der Waals surface area contributed by atoms with E-state index >= 15 is 0 Å². The standard InChI is InChI=1S/C16H27FN3O4P/c17-25-24-13-11-18-9-3-4-10-19-14(21)6-2-1-5-12-20-15(22)7-8-16(20)23/h7-8,18,25H,1-6,9-13H2,(H,19,21). The maximum absolute atomic E-state index is 11.7. The van der Waals surface area contributed by atoms with Crippen LogP contribution >= 0.6 is 9.12 Å². The maximum Gasteiger partial charge on any atom is 0.253 e. The van der Waals surface area contributed by atoms with Gasteiger partial charge in [-0.25, -0.2) is 0 Å². The zero-order valence-electron chi connectivity index (χ0n) is 14.4. The lowest BCUT2D eigenvalue weighted by Gasteiger charge is -2.13. The number of halogens is 1. The minimum Gasteiger partial charge on any atom is -0.356 e. The Morgan fingerprint density at radius 1 is 1.04 bits per heavy atom. The molecule has 1 unspecified atom stereocenters. The summed E-state index contributed by atoms with van der Waals surface area (Å²) in [5.41, 5.74) is 0. The highest BCUT2D eigenvalue weighted by Gasteiger charge is 2.22. The zero-order valence-corrected chi connectivity index (χ0v) is 15.4. The van der Waals surface area contributed by atoms with Crippen LogP contribution in [0.15, 0.2) is 12.2 Å². The van der Waals surface area contributed by atoms with Gasteiger partial charge in [-0.1, -0.05) is 6.42 Å². The van der Waals surface area contributed by atoms with Crippen LogP contribution in [0.3, 0.4) is 0 Å². The molecule has 1 aliphatic heterocycles. The first-order valence-electron chi connectivity index (χ1n) is 8.63. The van der Waals surface area contributed by atoms with Crippen molar-refractivity contribution >= 4 is 26.8 Å². The molecule has 3 amide bonds. The second-order valence-corrected chi connectivity index (χ2v) is 6.15. The molecule has 0 spiro atoms. The van der Waals surface area contributed by atoms with E-state index in [-0.39, 0.29) is 17.7 Å². The molecular weight excluding hydrogens is 348 g/mol. The molecule has 0 aromatic rings. The van der Waals surface area contributed by atoms with Crippen molar-refractivity contribution in [3.05, 3.63) is 12.2 Å². The van der Waals surface area contributed by atoms with Crippen LogP contribution in [0.4, 0.5) is 4.20 Å². The minimum atomic E-state index is -0.957. The van der Waals surface area contributed by atoms with E-state index in [1.165, 1.54) is 17.1 Å². The molecule has 7 nitrogen and oxygen atoms in total. The Balaban J connectivity index is 1.86. The number of carbonyl (C=O) groups is 3. The fourth-order valence-corrected chi connectivity index (χ4v) is 2.54. The molecule has 1 aliphatic rings. The molecule has 0 aromatic heterocycles. The number of carbonyl (C=O) groups excluding carboxylic acids is 3. The second kappa shape index (κ2) is 13.9. The van der Waals surface area contributed by atoms with Gasteiger partial charge in [0.05, 0.1) is 6.61 Å². The molecule has 1 rings (SSSR count). The molecular formula is C16H27FN3O4P. The van der Waals surface area contributed by atoms with Crippen molar-refractivity contribution in [3.8, 4) is 0 Å². The molecule has 0 bridgehead atoms. The Morgan fingerprint density at radius 2 is 1.76 bits per heavy atom. The van der Waals surface area contributed by atoms with E-state index in [1.807, 2.05) is 0 Å². The number of nitrogens with zero attached hydrogens (tertiary/aromatic N) is 1. The first kappa shape index (κ1) is 21.7. The highest BCUT2D eigenvalue weighted by Crippen LogP contribution is 2.10. The van der Waals surface area contributed by atoms with Crippen molar-refractivity contribution in [2.45, 2.75) is 38.5 Å². The van der Waals surface area contributed by atoms with E-state index in [4.69, 9.17) is 0 Å². The summed E-state index contributed by atoms with van der Waals surface area (Å²) < 4.78 is 16.3. The van der Waals surface area contributed by atoms with Gasteiger partial charge in [-0.05, 0) is 32.2 Å². The highest BCUT2D eigenvalue weighted by atomic mass is 31.1. The zero-order chi connectivity index (χ0) is 18.3. The van der Waals surface area contributed by atoms with Crippen LogP contribution in [0.1, 0.15) is 38.5 Å². The van der Waals surface area contributed by atoms with Gasteiger partial charge in [0.15, 0.2) is 0 Å². The number of imide groups is 1. The lowest BCUT2D eigenvalue weighted by Crippen LogP contribution is -2.30. The normalized spacial score (nSPS) is 14.2. The highest BCUT2D eigenvalue weighted by molar-refractivity contribution is 7.25. The third-order valence-corrected chi connectivity index (χ3v) is 4.04. The number of hydrogen-bond acceptors (Lipinski definition) is 5. The van der Waals surface area contributed by atoms with Crippen LogP contribution in [0, 0.1) is 0 Å². The maximum atomic E-state index is 11.7. The van der Waals surface area contributed by atoms with Crippen molar-refractivity contribution in [3.63, 3.8) is 0 Å². The summed E-state index contributed by atoms with van der Waals surface area (Å²) in [5, 5.41) is 6.00. The van der Waals surface area contributed by atoms with Gasteiger partial charge in [0.2, 0.25) is 15.0 Å². The third-order valence-electron chi connectivity index (χ3n) is 3.72. The molecule has 0 radical (unpaired) electrons. The average molecular weight is 375 g/mol. The van der Waals surface area contributed by atoms with Crippen LogP contribution in [-0.4, -0.2) is 55.4 Å². The van der Waals surface area contributed by atoms with Gasteiger partial charge in [0, 0.05) is 38.2 Å². The predicted octanol–water partition coefficient (Wildman–Crippen LogP) is 1.45. The quantitative estimate of drug-likeness (QED) is 0.257. The lowest BCUT2D eigenvalue weighted by molar-refractivity contribution is -0.136. The van der Waals surface area contributed by atoms with E-state index in [9.17, 15) is 18.6 Å². The number of hydrogen-bond donors (Lipinski definition) is 2. The van der Waals surface area contributed by atoms with Gasteiger partial charge in [-0.2, -0.15) is 4.20 Å². The van der Waals surface area contributed by atoms with Crippen LogP contribution in [0.25, 0.3) is 0 Å². The summed E-state index contributed by atoms with van der Waals surface area (Å²) in [7, 11) is -0.957. The smallest absolute Gasteiger partial charge is 0.253 e. The van der Waals surface area contributed by atoms with Crippen molar-refractivity contribution in [2.75, 3.05) is 32.8 Å². The van der Waals surface area contributed by atoms with Gasteiger partial charge in [0.1, 0.15) is 0 Å². The summed E-state index contributed by atoms with van der Waals surface area (Å²) in [6, 6.07) is 0. The third kappa shape index (κ3) is 10.3.